The van der Waals surface area contributed by atoms with E-state index in [0.29, 0.717) is 11.1 Å². The minimum Gasteiger partial charge on any atom is -0.387 e. The van der Waals surface area contributed by atoms with E-state index in [1.54, 1.807) is 13.1 Å². The van der Waals surface area contributed by atoms with Crippen molar-refractivity contribution in [3.8, 4) is 0 Å². The van der Waals surface area contributed by atoms with Crippen LogP contribution >= 0.6 is 0 Å². The van der Waals surface area contributed by atoms with Gasteiger partial charge in [0.05, 0.1) is 0 Å². The average Bonchev–Trinajstić information content (AvgIpc) is 2.26. The van der Waals surface area contributed by atoms with Gasteiger partial charge in [-0.2, -0.15) is 13.2 Å². The van der Waals surface area contributed by atoms with Gasteiger partial charge in [0, 0.05) is 24.3 Å². The first-order valence-electron chi connectivity index (χ1n) is 4.53. The third-order valence-corrected chi connectivity index (χ3v) is 2.16. The topological polar surface area (TPSA) is 37.8 Å². The molecular formula is C10H8F3N3. The Morgan fingerprint density at radius 1 is 1.19 bits per heavy atom. The predicted molar refractivity (Wildman–Crippen MR) is 54.1 cm³/mol. The maximum atomic E-state index is 12.4. The van der Waals surface area contributed by atoms with Crippen molar-refractivity contribution < 1.29 is 13.2 Å². The van der Waals surface area contributed by atoms with Gasteiger partial charge in [-0.3, -0.25) is 0 Å². The third-order valence-electron chi connectivity index (χ3n) is 2.16. The van der Waals surface area contributed by atoms with E-state index in [1.807, 2.05) is 0 Å². The van der Waals surface area contributed by atoms with Crippen LogP contribution in [-0.2, 0) is 6.18 Å². The molecule has 1 N–H and O–H groups in total. The fraction of sp³-hybridized carbons (Fsp3) is 0.200. The molecule has 0 atom stereocenters. The van der Waals surface area contributed by atoms with Crippen LogP contribution in [0.25, 0.3) is 11.0 Å². The van der Waals surface area contributed by atoms with E-state index < -0.39 is 11.9 Å². The lowest BCUT2D eigenvalue weighted by atomic mass is 10.2. The molecule has 3 nitrogen and oxygen atoms in total. The van der Waals surface area contributed by atoms with E-state index in [0.717, 1.165) is 6.07 Å². The van der Waals surface area contributed by atoms with Gasteiger partial charge in [0.2, 0.25) is 0 Å². The zero-order valence-electron chi connectivity index (χ0n) is 8.34. The number of fused-ring (bicyclic) bond motifs is 1. The Bertz CT molecular complexity index is 522. The van der Waals surface area contributed by atoms with Gasteiger partial charge in [-0.25, -0.2) is 9.97 Å². The number of hydrogen-bond acceptors (Lipinski definition) is 3. The molecule has 0 radical (unpaired) electrons. The molecule has 0 aliphatic rings. The maximum Gasteiger partial charge on any atom is 0.433 e. The Balaban J connectivity index is 2.64. The molecule has 2 aromatic rings. The number of halogens is 3. The van der Waals surface area contributed by atoms with E-state index in [2.05, 4.69) is 15.3 Å². The van der Waals surface area contributed by atoms with E-state index in [4.69, 9.17) is 0 Å². The van der Waals surface area contributed by atoms with Gasteiger partial charge in [0.1, 0.15) is 5.69 Å². The molecule has 2 heterocycles. The molecule has 16 heavy (non-hydrogen) atoms. The molecule has 84 valence electrons. The molecule has 0 unspecified atom stereocenters. The minimum atomic E-state index is -4.44. The fourth-order valence-electron chi connectivity index (χ4n) is 1.41. The van der Waals surface area contributed by atoms with Gasteiger partial charge in [0.15, 0.2) is 5.65 Å². The molecule has 0 aliphatic carbocycles. The SMILES string of the molecule is CNc1ccnc2nc(C(F)(F)F)ccc12. The molecule has 0 spiro atoms. The molecule has 0 aromatic carbocycles. The highest BCUT2D eigenvalue weighted by atomic mass is 19.4. The second-order valence-electron chi connectivity index (χ2n) is 3.17. The van der Waals surface area contributed by atoms with Crippen molar-refractivity contribution in [1.82, 2.24) is 9.97 Å². The number of anilines is 1. The molecule has 0 saturated heterocycles. The van der Waals surface area contributed by atoms with Gasteiger partial charge >= 0.3 is 6.18 Å². The number of hydrogen-bond donors (Lipinski definition) is 1. The molecule has 2 rings (SSSR count). The molecule has 0 fully saturated rings. The van der Waals surface area contributed by atoms with Crippen molar-refractivity contribution in [2.75, 3.05) is 12.4 Å². The molecule has 6 heteroatoms. The highest BCUT2D eigenvalue weighted by molar-refractivity contribution is 5.88. The quantitative estimate of drug-likeness (QED) is 0.813. The van der Waals surface area contributed by atoms with Gasteiger partial charge in [-0.05, 0) is 18.2 Å². The summed E-state index contributed by atoms with van der Waals surface area (Å²) in [5, 5.41) is 3.43. The third kappa shape index (κ3) is 1.78. The van der Waals surface area contributed by atoms with Crippen LogP contribution in [0, 0.1) is 0 Å². The van der Waals surface area contributed by atoms with Crippen LogP contribution in [0.5, 0.6) is 0 Å². The fourth-order valence-corrected chi connectivity index (χ4v) is 1.41. The Kier molecular flexibility index (Phi) is 2.41. The van der Waals surface area contributed by atoms with Crippen LogP contribution < -0.4 is 5.32 Å². The monoisotopic (exact) mass is 227 g/mol. The van der Waals surface area contributed by atoms with E-state index in [9.17, 15) is 13.2 Å². The summed E-state index contributed by atoms with van der Waals surface area (Å²) in [6, 6.07) is 3.99. The number of rotatable bonds is 1. The lowest BCUT2D eigenvalue weighted by molar-refractivity contribution is -0.141. The van der Waals surface area contributed by atoms with Crippen molar-refractivity contribution in [3.05, 3.63) is 30.1 Å². The second kappa shape index (κ2) is 3.62. The van der Waals surface area contributed by atoms with Crippen LogP contribution in [0.2, 0.25) is 0 Å². The minimum absolute atomic E-state index is 0.0849. The van der Waals surface area contributed by atoms with E-state index >= 15 is 0 Å². The Hall–Kier alpha value is -1.85. The van der Waals surface area contributed by atoms with Gasteiger partial charge in [-0.15, -0.1) is 0 Å². The molecule has 0 amide bonds. The van der Waals surface area contributed by atoms with Crippen molar-refractivity contribution in [1.29, 1.82) is 0 Å². The summed E-state index contributed by atoms with van der Waals surface area (Å²) in [5.41, 5.74) is -0.145. The molecule has 0 saturated carbocycles. The molecule has 0 bridgehead atoms. The molecule has 2 aromatic heterocycles. The smallest absolute Gasteiger partial charge is 0.387 e. The normalized spacial score (nSPS) is 11.8. The summed E-state index contributed by atoms with van der Waals surface area (Å²) < 4.78 is 37.2. The van der Waals surface area contributed by atoms with Gasteiger partial charge in [-0.1, -0.05) is 0 Å². The first-order valence-corrected chi connectivity index (χ1v) is 4.53. The summed E-state index contributed by atoms with van der Waals surface area (Å²) in [7, 11) is 1.69. The lowest BCUT2D eigenvalue weighted by Gasteiger charge is -2.08. The largest absolute Gasteiger partial charge is 0.433 e. The zero-order valence-corrected chi connectivity index (χ0v) is 8.34. The number of pyridine rings is 2. The molecule has 0 aliphatic heterocycles. The van der Waals surface area contributed by atoms with Crippen molar-refractivity contribution in [2.24, 2.45) is 0 Å². The summed E-state index contributed by atoms with van der Waals surface area (Å²) >= 11 is 0. The first-order chi connectivity index (χ1) is 7.52. The van der Waals surface area contributed by atoms with Crippen LogP contribution in [-0.4, -0.2) is 17.0 Å². The lowest BCUT2D eigenvalue weighted by Crippen LogP contribution is -2.08. The number of nitrogens with one attached hydrogen (secondary N) is 1. The Morgan fingerprint density at radius 3 is 2.56 bits per heavy atom. The molecular weight excluding hydrogens is 219 g/mol. The van der Waals surface area contributed by atoms with Crippen molar-refractivity contribution in [3.63, 3.8) is 0 Å². The first kappa shape index (κ1) is 10.7. The highest BCUT2D eigenvalue weighted by Gasteiger charge is 2.32. The van der Waals surface area contributed by atoms with E-state index in [-0.39, 0.29) is 5.65 Å². The van der Waals surface area contributed by atoms with Crippen LogP contribution in [0.1, 0.15) is 5.69 Å². The average molecular weight is 227 g/mol. The maximum absolute atomic E-state index is 12.4. The Labute approximate surface area is 89.3 Å². The van der Waals surface area contributed by atoms with Crippen LogP contribution in [0.3, 0.4) is 0 Å². The number of nitrogens with zero attached hydrogens (tertiary/aromatic N) is 2. The zero-order chi connectivity index (χ0) is 11.8. The van der Waals surface area contributed by atoms with Crippen LogP contribution in [0.4, 0.5) is 18.9 Å². The second-order valence-corrected chi connectivity index (χ2v) is 3.17. The van der Waals surface area contributed by atoms with E-state index in [1.165, 1.54) is 12.3 Å². The summed E-state index contributed by atoms with van der Waals surface area (Å²) in [6.45, 7) is 0. The summed E-state index contributed by atoms with van der Waals surface area (Å²) in [6.07, 6.45) is -3.02. The van der Waals surface area contributed by atoms with Crippen LogP contribution in [0.15, 0.2) is 24.4 Å². The van der Waals surface area contributed by atoms with Crippen molar-refractivity contribution >= 4 is 16.7 Å². The van der Waals surface area contributed by atoms with Crippen molar-refractivity contribution in [2.45, 2.75) is 6.18 Å². The van der Waals surface area contributed by atoms with Gasteiger partial charge < -0.3 is 5.32 Å². The predicted octanol–water partition coefficient (Wildman–Crippen LogP) is 2.69. The summed E-state index contributed by atoms with van der Waals surface area (Å²) in [4.78, 5) is 7.29. The van der Waals surface area contributed by atoms with Gasteiger partial charge in [0.25, 0.3) is 0 Å². The highest BCUT2D eigenvalue weighted by Crippen LogP contribution is 2.29. The number of alkyl halides is 3. The standard InChI is InChI=1S/C10H8F3N3/c1-14-7-4-5-15-9-6(7)2-3-8(16-9)10(11,12)13/h2-5H,1H3,(H,14,15,16). The number of aromatic nitrogens is 2. The Morgan fingerprint density at radius 2 is 1.94 bits per heavy atom. The summed E-state index contributed by atoms with van der Waals surface area (Å²) in [5.74, 6) is 0.